The lowest BCUT2D eigenvalue weighted by molar-refractivity contribution is -0.115. The van der Waals surface area contributed by atoms with Crippen molar-refractivity contribution in [2.45, 2.75) is 13.3 Å². The van der Waals surface area contributed by atoms with Crippen LogP contribution < -0.4 is 10.6 Å². The maximum atomic E-state index is 13.2. The number of rotatable bonds is 4. The summed E-state index contributed by atoms with van der Waals surface area (Å²) < 4.78 is 18.8. The smallest absolute Gasteiger partial charge is 0.293 e. The zero-order valence-electron chi connectivity index (χ0n) is 13.2. The van der Waals surface area contributed by atoms with Crippen LogP contribution in [-0.4, -0.2) is 11.8 Å². The Bertz CT molecular complexity index is 968. The average molecular weight is 361 g/mol. The lowest BCUT2D eigenvalue weighted by Crippen LogP contribution is -2.16. The molecule has 3 rings (SSSR count). The third-order valence-corrected chi connectivity index (χ3v) is 3.85. The van der Waals surface area contributed by atoms with Gasteiger partial charge in [0.1, 0.15) is 17.1 Å². The number of carbonyl (C=O) groups excluding carboxylic acids is 2. The van der Waals surface area contributed by atoms with Crippen LogP contribution in [0.1, 0.15) is 23.9 Å². The van der Waals surface area contributed by atoms with Crippen molar-refractivity contribution >= 4 is 45.8 Å². The standard InChI is InChI=1S/C18H14ClFN2O3/c1-2-15(23)22-16-11-5-3-4-6-14(11)25-17(16)18(24)21-10-7-8-13(20)12(19)9-10/h3-9H,2H2,1H3,(H,21,24)(H,22,23). The first-order valence-corrected chi connectivity index (χ1v) is 7.95. The van der Waals surface area contributed by atoms with Crippen LogP contribution in [0.5, 0.6) is 0 Å². The lowest BCUT2D eigenvalue weighted by Gasteiger charge is -2.07. The maximum absolute atomic E-state index is 13.2. The van der Waals surface area contributed by atoms with Crippen molar-refractivity contribution < 1.29 is 18.4 Å². The molecule has 3 aromatic rings. The zero-order valence-corrected chi connectivity index (χ0v) is 14.0. The van der Waals surface area contributed by atoms with E-state index in [1.807, 2.05) is 0 Å². The highest BCUT2D eigenvalue weighted by Gasteiger charge is 2.22. The quantitative estimate of drug-likeness (QED) is 0.700. The number of nitrogens with one attached hydrogen (secondary N) is 2. The van der Waals surface area contributed by atoms with E-state index in [-0.39, 0.29) is 23.1 Å². The summed E-state index contributed by atoms with van der Waals surface area (Å²) in [7, 11) is 0. The predicted molar refractivity (Wildman–Crippen MR) is 94.5 cm³/mol. The summed E-state index contributed by atoms with van der Waals surface area (Å²) in [5.74, 6) is -1.45. The number of halogens is 2. The molecule has 0 aliphatic rings. The number of amides is 2. The molecule has 0 unspecified atom stereocenters. The molecule has 0 spiro atoms. The summed E-state index contributed by atoms with van der Waals surface area (Å²) in [5, 5.41) is 5.78. The van der Waals surface area contributed by atoms with E-state index in [1.54, 1.807) is 31.2 Å². The fourth-order valence-corrected chi connectivity index (χ4v) is 2.50. The minimum atomic E-state index is -0.584. The van der Waals surface area contributed by atoms with E-state index in [0.717, 1.165) is 6.07 Å². The third kappa shape index (κ3) is 3.49. The highest BCUT2D eigenvalue weighted by molar-refractivity contribution is 6.31. The van der Waals surface area contributed by atoms with Gasteiger partial charge in [0.15, 0.2) is 0 Å². The Morgan fingerprint density at radius 2 is 1.92 bits per heavy atom. The summed E-state index contributed by atoms with van der Waals surface area (Å²) >= 11 is 5.72. The molecule has 2 amide bonds. The molecule has 0 saturated carbocycles. The second-order valence-electron chi connectivity index (χ2n) is 5.29. The van der Waals surface area contributed by atoms with Crippen molar-refractivity contribution in [2.24, 2.45) is 0 Å². The lowest BCUT2D eigenvalue weighted by atomic mass is 10.2. The summed E-state index contributed by atoms with van der Waals surface area (Å²) in [6.45, 7) is 1.71. The molecule has 0 radical (unpaired) electrons. The Morgan fingerprint density at radius 3 is 2.64 bits per heavy atom. The molecule has 0 atom stereocenters. The number of benzene rings is 2. The monoisotopic (exact) mass is 360 g/mol. The molecule has 25 heavy (non-hydrogen) atoms. The molecular weight excluding hydrogens is 347 g/mol. The Kier molecular flexibility index (Phi) is 4.72. The first kappa shape index (κ1) is 17.0. The van der Waals surface area contributed by atoms with Gasteiger partial charge in [-0.1, -0.05) is 30.7 Å². The van der Waals surface area contributed by atoms with Gasteiger partial charge in [-0.05, 0) is 30.3 Å². The zero-order chi connectivity index (χ0) is 18.0. The van der Waals surface area contributed by atoms with Crippen LogP contribution in [0, 0.1) is 5.82 Å². The Morgan fingerprint density at radius 1 is 1.16 bits per heavy atom. The van der Waals surface area contributed by atoms with Crippen molar-refractivity contribution in [3.05, 3.63) is 59.1 Å². The first-order chi connectivity index (χ1) is 12.0. The number of hydrogen-bond acceptors (Lipinski definition) is 3. The number of furan rings is 1. The highest BCUT2D eigenvalue weighted by Crippen LogP contribution is 2.32. The van der Waals surface area contributed by atoms with Gasteiger partial charge in [0.05, 0.1) is 5.02 Å². The van der Waals surface area contributed by atoms with E-state index in [9.17, 15) is 14.0 Å². The van der Waals surface area contributed by atoms with Crippen LogP contribution in [0.4, 0.5) is 15.8 Å². The number of carbonyl (C=O) groups is 2. The van der Waals surface area contributed by atoms with Gasteiger partial charge in [-0.25, -0.2) is 4.39 Å². The van der Waals surface area contributed by atoms with Crippen molar-refractivity contribution in [1.82, 2.24) is 0 Å². The van der Waals surface area contributed by atoms with Crippen molar-refractivity contribution in [1.29, 1.82) is 0 Å². The largest absolute Gasteiger partial charge is 0.449 e. The van der Waals surface area contributed by atoms with E-state index in [1.165, 1.54) is 12.1 Å². The van der Waals surface area contributed by atoms with Gasteiger partial charge in [0.25, 0.3) is 5.91 Å². The highest BCUT2D eigenvalue weighted by atomic mass is 35.5. The summed E-state index contributed by atoms with van der Waals surface area (Å²) in [5.41, 5.74) is 1.08. The molecule has 0 aliphatic carbocycles. The normalized spacial score (nSPS) is 10.7. The van der Waals surface area contributed by atoms with Gasteiger partial charge in [-0.15, -0.1) is 0 Å². The van der Waals surface area contributed by atoms with Crippen molar-refractivity contribution in [3.63, 3.8) is 0 Å². The molecule has 0 fully saturated rings. The summed E-state index contributed by atoms with van der Waals surface area (Å²) in [6.07, 6.45) is 0.258. The van der Waals surface area contributed by atoms with Crippen LogP contribution in [0.25, 0.3) is 11.0 Å². The molecule has 7 heteroatoms. The van der Waals surface area contributed by atoms with E-state index in [2.05, 4.69) is 10.6 Å². The van der Waals surface area contributed by atoms with Crippen molar-refractivity contribution in [3.8, 4) is 0 Å². The van der Waals surface area contributed by atoms with Crippen LogP contribution in [0.15, 0.2) is 46.9 Å². The van der Waals surface area contributed by atoms with Gasteiger partial charge in [-0.2, -0.15) is 0 Å². The van der Waals surface area contributed by atoms with Crippen LogP contribution in [-0.2, 0) is 4.79 Å². The number of hydrogen-bond donors (Lipinski definition) is 2. The van der Waals surface area contributed by atoms with Crippen LogP contribution in [0.2, 0.25) is 5.02 Å². The molecule has 0 aliphatic heterocycles. The third-order valence-electron chi connectivity index (χ3n) is 3.56. The van der Waals surface area contributed by atoms with Gasteiger partial charge in [-0.3, -0.25) is 9.59 Å². The fourth-order valence-electron chi connectivity index (χ4n) is 2.32. The summed E-state index contributed by atoms with van der Waals surface area (Å²) in [4.78, 5) is 24.4. The van der Waals surface area contributed by atoms with E-state index in [4.69, 9.17) is 16.0 Å². The summed E-state index contributed by atoms with van der Waals surface area (Å²) in [6, 6.07) is 10.8. The molecule has 2 N–H and O–H groups in total. The van der Waals surface area contributed by atoms with E-state index < -0.39 is 11.7 Å². The topological polar surface area (TPSA) is 71.3 Å². The van der Waals surface area contributed by atoms with E-state index in [0.29, 0.717) is 22.3 Å². The molecule has 0 saturated heterocycles. The number of fused-ring (bicyclic) bond motifs is 1. The van der Waals surface area contributed by atoms with Gasteiger partial charge < -0.3 is 15.1 Å². The molecule has 1 heterocycles. The van der Waals surface area contributed by atoms with Crippen LogP contribution >= 0.6 is 11.6 Å². The van der Waals surface area contributed by atoms with Gasteiger partial charge >= 0.3 is 0 Å². The Labute approximate surface area is 147 Å². The number of anilines is 2. The molecule has 1 aromatic heterocycles. The maximum Gasteiger partial charge on any atom is 0.293 e. The SMILES string of the molecule is CCC(=O)Nc1c(C(=O)Nc2ccc(F)c(Cl)c2)oc2ccccc12. The van der Waals surface area contributed by atoms with Crippen molar-refractivity contribution in [2.75, 3.05) is 10.6 Å². The average Bonchev–Trinajstić information content (AvgIpc) is 2.97. The molecule has 0 bridgehead atoms. The molecular formula is C18H14ClFN2O3. The second-order valence-corrected chi connectivity index (χ2v) is 5.69. The molecule has 128 valence electrons. The van der Waals surface area contributed by atoms with Gasteiger partial charge in [0, 0.05) is 17.5 Å². The molecule has 5 nitrogen and oxygen atoms in total. The predicted octanol–water partition coefficient (Wildman–Crippen LogP) is 4.83. The van der Waals surface area contributed by atoms with Gasteiger partial charge in [0.2, 0.25) is 11.7 Å². The number of para-hydroxylation sites is 1. The minimum Gasteiger partial charge on any atom is -0.449 e. The Balaban J connectivity index is 1.98. The minimum absolute atomic E-state index is 0.0385. The Hall–Kier alpha value is -2.86. The fraction of sp³-hybridized carbons (Fsp3) is 0.111. The molecule has 2 aromatic carbocycles. The van der Waals surface area contributed by atoms with E-state index >= 15 is 0 Å². The first-order valence-electron chi connectivity index (χ1n) is 7.57. The van der Waals surface area contributed by atoms with Crippen LogP contribution in [0.3, 0.4) is 0 Å². The second kappa shape index (κ2) is 6.94.